The van der Waals surface area contributed by atoms with Crippen LogP contribution in [0.5, 0.6) is 0 Å². The van der Waals surface area contributed by atoms with Crippen molar-refractivity contribution >= 4 is 28.6 Å². The van der Waals surface area contributed by atoms with Gasteiger partial charge in [-0.25, -0.2) is 4.79 Å². The molecule has 5 atom stereocenters. The Kier molecular flexibility index (Phi) is 4.96. The molecule has 0 saturated carbocycles. The van der Waals surface area contributed by atoms with Gasteiger partial charge in [-0.3, -0.25) is 0 Å². The molecule has 0 spiro atoms. The van der Waals surface area contributed by atoms with Gasteiger partial charge in [-0.15, -0.1) is 22.7 Å². The van der Waals surface area contributed by atoms with E-state index in [4.69, 9.17) is 9.47 Å². The molecular weight excluding hydrogens is 497 g/mol. The first-order valence-electron chi connectivity index (χ1n) is 8.92. The zero-order valence-electron chi connectivity index (χ0n) is 15.1. The number of halogens is 1. The van der Waals surface area contributed by atoms with Crippen LogP contribution >= 0.6 is 22.7 Å². The predicted molar refractivity (Wildman–Crippen MR) is 99.1 cm³/mol. The maximum atomic E-state index is 13.1. The van der Waals surface area contributed by atoms with Crippen LogP contribution in [0.3, 0.4) is 0 Å². The predicted octanol–water partition coefficient (Wildman–Crippen LogP) is -0.650. The largest absolute Gasteiger partial charge is 1.00 e. The number of piperidine rings is 1. The van der Waals surface area contributed by atoms with Crippen molar-refractivity contribution in [2.45, 2.75) is 48.8 Å². The molecule has 1 N–H and O–H groups in total. The second-order valence-corrected chi connectivity index (χ2v) is 9.89. The number of rotatable bonds is 4. The number of likely N-dealkylation sites (N-methyl/N-ethyl adjacent to an activating group) is 1. The summed E-state index contributed by atoms with van der Waals surface area (Å²) in [5.41, 5.74) is -1.72. The molecule has 1 unspecified atom stereocenters. The monoisotopic (exact) mass is 519 g/mol. The second-order valence-electron chi connectivity index (χ2n) is 7.99. The number of aliphatic hydroxyl groups is 1. The van der Waals surface area contributed by atoms with Gasteiger partial charge in [0.2, 0.25) is 5.60 Å². The molecule has 5 nitrogen and oxygen atoms in total. The number of hydrogen-bond acceptors (Lipinski definition) is 6. The molecule has 3 saturated heterocycles. The van der Waals surface area contributed by atoms with Crippen molar-refractivity contribution in [3.63, 3.8) is 0 Å². The molecule has 0 aliphatic carbocycles. The zero-order chi connectivity index (χ0) is 18.1. The highest BCUT2D eigenvalue weighted by molar-refractivity contribution is 7.12. The fourth-order valence-corrected chi connectivity index (χ4v) is 6.54. The first-order chi connectivity index (χ1) is 12.4. The van der Waals surface area contributed by atoms with Gasteiger partial charge in [0, 0.05) is 12.8 Å². The number of nitrogens with zero attached hydrogens (tertiary/aromatic N) is 1. The Labute approximate surface area is 183 Å². The summed E-state index contributed by atoms with van der Waals surface area (Å²) >= 11 is 2.74. The number of thiophene rings is 2. The van der Waals surface area contributed by atoms with Gasteiger partial charge >= 0.3 is 5.97 Å². The van der Waals surface area contributed by atoms with Crippen LogP contribution in [-0.4, -0.2) is 60.0 Å². The lowest BCUT2D eigenvalue weighted by molar-refractivity contribution is -0.938. The smallest absolute Gasteiger partial charge is 0.349 e. The lowest BCUT2D eigenvalue weighted by Crippen LogP contribution is -3.00. The number of carbonyl (C=O) groups is 1. The molecule has 2 aromatic rings. The van der Waals surface area contributed by atoms with E-state index in [2.05, 4.69) is 14.1 Å². The van der Waals surface area contributed by atoms with Crippen molar-refractivity contribution in [3.8, 4) is 0 Å². The van der Waals surface area contributed by atoms with Gasteiger partial charge in [0.05, 0.1) is 23.8 Å². The molecule has 5 rings (SSSR count). The summed E-state index contributed by atoms with van der Waals surface area (Å²) in [6.45, 7) is 0. The second kappa shape index (κ2) is 6.77. The van der Waals surface area contributed by atoms with E-state index in [0.29, 0.717) is 34.0 Å². The van der Waals surface area contributed by atoms with Crippen LogP contribution in [-0.2, 0) is 19.9 Å². The summed E-state index contributed by atoms with van der Waals surface area (Å²) in [6.07, 6.45) is 2.05. The third-order valence-corrected chi connectivity index (χ3v) is 8.32. The molecule has 3 aliphatic heterocycles. The number of carbonyl (C=O) groups excluding carboxylic acids is 1. The number of morpholine rings is 1. The molecular formula is C19H22INO4S2. The summed E-state index contributed by atoms with van der Waals surface area (Å²) in [5.74, 6) is -0.561. The third kappa shape index (κ3) is 2.91. The lowest BCUT2D eigenvalue weighted by Gasteiger charge is -2.45. The van der Waals surface area contributed by atoms with Crippen LogP contribution in [0.15, 0.2) is 35.0 Å². The highest BCUT2D eigenvalue weighted by atomic mass is 127. The Morgan fingerprint density at radius 3 is 2.11 bits per heavy atom. The van der Waals surface area contributed by atoms with Gasteiger partial charge in [0.25, 0.3) is 0 Å². The van der Waals surface area contributed by atoms with Crippen molar-refractivity contribution < 1.29 is 47.8 Å². The number of epoxide rings is 1. The molecule has 146 valence electrons. The lowest BCUT2D eigenvalue weighted by atomic mass is 9.95. The standard InChI is InChI=1S/C19H22NO4S2.HI/c1-20(2)12-9-11(10-13(20)17-16(12)24-17)23-18(21)19(22,14-5-3-7-25-14)15-6-4-8-26-15;/h3-8,11-13,16-17,22H,9-10H2,1-2H3;1H/q+1;/p-1/t11?,12-,13+,16-,17+;. The van der Waals surface area contributed by atoms with E-state index in [1.54, 1.807) is 12.1 Å². The molecule has 2 bridgehead atoms. The Morgan fingerprint density at radius 1 is 1.15 bits per heavy atom. The number of quaternary nitrogens is 1. The van der Waals surface area contributed by atoms with Crippen molar-refractivity contribution in [2.24, 2.45) is 0 Å². The molecule has 27 heavy (non-hydrogen) atoms. The van der Waals surface area contributed by atoms with Gasteiger partial charge in [-0.05, 0) is 22.9 Å². The minimum atomic E-state index is -1.72. The Morgan fingerprint density at radius 2 is 1.67 bits per heavy atom. The molecule has 0 radical (unpaired) electrons. The fourth-order valence-electron chi connectivity index (χ4n) is 4.83. The van der Waals surface area contributed by atoms with Gasteiger partial charge in [0.15, 0.2) is 0 Å². The molecule has 8 heteroatoms. The summed E-state index contributed by atoms with van der Waals surface area (Å²) in [7, 11) is 4.49. The first-order valence-corrected chi connectivity index (χ1v) is 10.7. The van der Waals surface area contributed by atoms with E-state index < -0.39 is 11.6 Å². The molecule has 0 aromatic carbocycles. The van der Waals surface area contributed by atoms with Gasteiger partial charge in [0.1, 0.15) is 30.4 Å². The minimum absolute atomic E-state index is 0. The quantitative estimate of drug-likeness (QED) is 0.253. The van der Waals surface area contributed by atoms with Crippen LogP contribution in [0.25, 0.3) is 0 Å². The number of ether oxygens (including phenoxy) is 2. The van der Waals surface area contributed by atoms with E-state index in [-0.39, 0.29) is 30.1 Å². The van der Waals surface area contributed by atoms with Crippen molar-refractivity contribution in [3.05, 3.63) is 44.8 Å². The highest BCUT2D eigenvalue weighted by Crippen LogP contribution is 2.52. The summed E-state index contributed by atoms with van der Waals surface area (Å²) in [6, 6.07) is 8.01. The summed E-state index contributed by atoms with van der Waals surface area (Å²) in [5, 5.41) is 15.1. The molecule has 0 amide bonds. The maximum Gasteiger partial charge on any atom is 0.349 e. The van der Waals surface area contributed by atoms with E-state index in [1.807, 2.05) is 22.9 Å². The maximum absolute atomic E-state index is 13.1. The molecule has 2 aromatic heterocycles. The van der Waals surface area contributed by atoms with Gasteiger partial charge in [-0.1, -0.05) is 12.1 Å². The highest BCUT2D eigenvalue weighted by Gasteiger charge is 2.71. The van der Waals surface area contributed by atoms with Crippen molar-refractivity contribution in [1.82, 2.24) is 0 Å². The van der Waals surface area contributed by atoms with Crippen LogP contribution in [0.1, 0.15) is 22.6 Å². The Balaban J connectivity index is 0.00000180. The topological polar surface area (TPSA) is 59.1 Å². The normalized spacial score (nSPS) is 33.1. The van der Waals surface area contributed by atoms with E-state index in [1.165, 1.54) is 22.7 Å². The van der Waals surface area contributed by atoms with Crippen molar-refractivity contribution in [1.29, 1.82) is 0 Å². The minimum Gasteiger partial charge on any atom is -1.00 e. The van der Waals surface area contributed by atoms with Crippen LogP contribution < -0.4 is 24.0 Å². The SMILES string of the molecule is C[N+]1(C)[C@@H]2CC(OC(=O)C(O)(c3cccs3)c3cccs3)C[C@H]1[C@@H]1O[C@@H]12.[I-]. The van der Waals surface area contributed by atoms with E-state index in [9.17, 15) is 9.90 Å². The van der Waals surface area contributed by atoms with Crippen molar-refractivity contribution in [2.75, 3.05) is 14.1 Å². The molecule has 3 aliphatic rings. The van der Waals surface area contributed by atoms with Crippen LogP contribution in [0.2, 0.25) is 0 Å². The fraction of sp³-hybridized carbons (Fsp3) is 0.526. The Bertz CT molecular complexity index is 769. The number of hydrogen-bond donors (Lipinski definition) is 1. The first kappa shape index (κ1) is 19.8. The third-order valence-electron chi connectivity index (χ3n) is 6.36. The molecule has 3 fully saturated rings. The average Bonchev–Trinajstić information content (AvgIpc) is 2.98. The average molecular weight is 519 g/mol. The number of esters is 1. The van der Waals surface area contributed by atoms with Crippen LogP contribution in [0, 0.1) is 0 Å². The van der Waals surface area contributed by atoms with Gasteiger partial charge < -0.3 is 43.0 Å². The van der Waals surface area contributed by atoms with Gasteiger partial charge in [-0.2, -0.15) is 0 Å². The Hall–Kier alpha value is -0.520. The summed E-state index contributed by atoms with van der Waals surface area (Å²) < 4.78 is 12.6. The molecule has 5 heterocycles. The van der Waals surface area contributed by atoms with Crippen LogP contribution in [0.4, 0.5) is 0 Å². The number of fused-ring (bicyclic) bond motifs is 5. The van der Waals surface area contributed by atoms with E-state index >= 15 is 0 Å². The zero-order valence-corrected chi connectivity index (χ0v) is 18.9. The van der Waals surface area contributed by atoms with E-state index in [0.717, 1.165) is 17.3 Å². The summed E-state index contributed by atoms with van der Waals surface area (Å²) in [4.78, 5) is 14.3.